The zero-order valence-corrected chi connectivity index (χ0v) is 15.4. The average molecular weight is 350 g/mol. The van der Waals surface area contributed by atoms with E-state index in [2.05, 4.69) is 62.2 Å². The van der Waals surface area contributed by atoms with Crippen molar-refractivity contribution in [3.05, 3.63) is 60.2 Å². The summed E-state index contributed by atoms with van der Waals surface area (Å²) in [6.45, 7) is 7.31. The van der Waals surface area contributed by atoms with Crippen molar-refractivity contribution in [2.24, 2.45) is 4.99 Å². The molecular weight excluding hydrogens is 324 g/mol. The Hall–Kier alpha value is -2.89. The minimum atomic E-state index is 0.571. The fraction of sp³-hybridized carbons (Fsp3) is 0.350. The maximum atomic E-state index is 4.62. The number of aromatic nitrogens is 3. The van der Waals surface area contributed by atoms with Gasteiger partial charge in [0.2, 0.25) is 0 Å². The molecule has 0 aliphatic carbocycles. The molecule has 1 aromatic carbocycles. The first-order valence-electron chi connectivity index (χ1n) is 9.12. The summed E-state index contributed by atoms with van der Waals surface area (Å²) in [5.41, 5.74) is 3.22. The molecule has 26 heavy (non-hydrogen) atoms. The molecule has 0 aliphatic heterocycles. The zero-order chi connectivity index (χ0) is 18.2. The van der Waals surface area contributed by atoms with Crippen LogP contribution in [-0.2, 0) is 13.1 Å². The summed E-state index contributed by atoms with van der Waals surface area (Å²) in [6.07, 6.45) is 2.79. The lowest BCUT2D eigenvalue weighted by molar-refractivity contribution is 0.624. The van der Waals surface area contributed by atoms with Gasteiger partial charge in [0.05, 0.1) is 23.3 Å². The molecule has 136 valence electrons. The lowest BCUT2D eigenvalue weighted by atomic mass is 10.3. The van der Waals surface area contributed by atoms with Gasteiger partial charge in [0, 0.05) is 25.8 Å². The van der Waals surface area contributed by atoms with Crippen LogP contribution in [-0.4, -0.2) is 33.6 Å². The van der Waals surface area contributed by atoms with Crippen molar-refractivity contribution in [1.82, 2.24) is 25.2 Å². The van der Waals surface area contributed by atoms with Crippen LogP contribution in [0, 0.1) is 6.92 Å². The standard InChI is InChI=1S/C20H26N6/c1-3-21-20(24-15-17-9-6-7-12-22-17)23-13-8-14-26-16(2)25-18-10-4-5-11-19(18)26/h4-7,9-12H,3,8,13-15H2,1-2H3,(H2,21,23,24). The normalized spacial score (nSPS) is 11.7. The number of pyridine rings is 1. The SMILES string of the molecule is CCNC(=NCc1ccccn1)NCCCn1c(C)nc2ccccc21. The second-order valence-electron chi connectivity index (χ2n) is 6.10. The Bertz CT molecular complexity index is 853. The highest BCUT2D eigenvalue weighted by atomic mass is 15.2. The molecule has 0 bridgehead atoms. The smallest absolute Gasteiger partial charge is 0.191 e. The first-order valence-corrected chi connectivity index (χ1v) is 9.12. The lowest BCUT2D eigenvalue weighted by Crippen LogP contribution is -2.38. The van der Waals surface area contributed by atoms with Crippen LogP contribution in [0.25, 0.3) is 11.0 Å². The third-order valence-electron chi connectivity index (χ3n) is 4.17. The Kier molecular flexibility index (Phi) is 6.19. The molecule has 0 saturated heterocycles. The number of nitrogens with zero attached hydrogens (tertiary/aromatic N) is 4. The molecule has 3 aromatic rings. The molecule has 0 radical (unpaired) electrons. The Labute approximate surface area is 154 Å². The van der Waals surface area contributed by atoms with Gasteiger partial charge < -0.3 is 15.2 Å². The Morgan fingerprint density at radius 3 is 2.77 bits per heavy atom. The summed E-state index contributed by atoms with van der Waals surface area (Å²) < 4.78 is 2.27. The van der Waals surface area contributed by atoms with E-state index in [0.717, 1.165) is 49.0 Å². The molecule has 2 heterocycles. The highest BCUT2D eigenvalue weighted by Crippen LogP contribution is 2.15. The number of benzene rings is 1. The van der Waals surface area contributed by atoms with E-state index in [1.54, 1.807) is 6.20 Å². The van der Waals surface area contributed by atoms with Crippen molar-refractivity contribution in [2.75, 3.05) is 13.1 Å². The van der Waals surface area contributed by atoms with E-state index in [1.807, 2.05) is 24.3 Å². The number of aliphatic imine (C=N–C) groups is 1. The highest BCUT2D eigenvalue weighted by Gasteiger charge is 2.06. The van der Waals surface area contributed by atoms with Crippen LogP contribution in [0.1, 0.15) is 24.9 Å². The van der Waals surface area contributed by atoms with Crippen LogP contribution in [0.4, 0.5) is 0 Å². The minimum absolute atomic E-state index is 0.571. The second-order valence-corrected chi connectivity index (χ2v) is 6.10. The summed E-state index contributed by atoms with van der Waals surface area (Å²) in [6, 6.07) is 14.2. The first kappa shape index (κ1) is 17.9. The number of fused-ring (bicyclic) bond motifs is 1. The molecule has 0 atom stereocenters. The van der Waals surface area contributed by atoms with Crippen molar-refractivity contribution in [2.45, 2.75) is 33.4 Å². The molecule has 3 rings (SSSR count). The summed E-state index contributed by atoms with van der Waals surface area (Å²) in [7, 11) is 0. The maximum absolute atomic E-state index is 4.62. The molecule has 0 unspecified atom stereocenters. The Morgan fingerprint density at radius 2 is 1.96 bits per heavy atom. The van der Waals surface area contributed by atoms with Gasteiger partial charge in [0.15, 0.2) is 5.96 Å². The summed E-state index contributed by atoms with van der Waals surface area (Å²) in [4.78, 5) is 13.5. The number of nitrogens with one attached hydrogen (secondary N) is 2. The average Bonchev–Trinajstić information content (AvgIpc) is 2.99. The van der Waals surface area contributed by atoms with Gasteiger partial charge in [-0.25, -0.2) is 9.98 Å². The fourth-order valence-electron chi connectivity index (χ4n) is 2.92. The van der Waals surface area contributed by atoms with Gasteiger partial charge >= 0.3 is 0 Å². The highest BCUT2D eigenvalue weighted by molar-refractivity contribution is 5.79. The van der Waals surface area contributed by atoms with Crippen molar-refractivity contribution in [1.29, 1.82) is 0 Å². The Morgan fingerprint density at radius 1 is 1.12 bits per heavy atom. The van der Waals surface area contributed by atoms with Crippen molar-refractivity contribution < 1.29 is 0 Å². The molecular formula is C20H26N6. The fourth-order valence-corrected chi connectivity index (χ4v) is 2.92. The summed E-state index contributed by atoms with van der Waals surface area (Å²) in [5, 5.41) is 6.68. The molecule has 0 aliphatic rings. The summed E-state index contributed by atoms with van der Waals surface area (Å²) in [5.74, 6) is 1.88. The van der Waals surface area contributed by atoms with E-state index in [1.165, 1.54) is 5.52 Å². The van der Waals surface area contributed by atoms with E-state index in [-0.39, 0.29) is 0 Å². The zero-order valence-electron chi connectivity index (χ0n) is 15.4. The van der Waals surface area contributed by atoms with Gasteiger partial charge in [-0.1, -0.05) is 18.2 Å². The van der Waals surface area contributed by atoms with Crippen LogP contribution in [0.15, 0.2) is 53.7 Å². The number of para-hydroxylation sites is 2. The monoisotopic (exact) mass is 350 g/mol. The van der Waals surface area contributed by atoms with Gasteiger partial charge in [-0.15, -0.1) is 0 Å². The largest absolute Gasteiger partial charge is 0.357 e. The van der Waals surface area contributed by atoms with Gasteiger partial charge in [-0.3, -0.25) is 4.98 Å². The van der Waals surface area contributed by atoms with E-state index in [4.69, 9.17) is 0 Å². The van der Waals surface area contributed by atoms with E-state index in [0.29, 0.717) is 6.54 Å². The van der Waals surface area contributed by atoms with Crippen LogP contribution < -0.4 is 10.6 Å². The topological polar surface area (TPSA) is 67.1 Å². The number of imidazole rings is 1. The molecule has 0 amide bonds. The maximum Gasteiger partial charge on any atom is 0.191 e. The molecule has 0 saturated carbocycles. The van der Waals surface area contributed by atoms with Crippen LogP contribution in [0.5, 0.6) is 0 Å². The number of hydrogen-bond acceptors (Lipinski definition) is 3. The molecule has 0 fully saturated rings. The number of guanidine groups is 1. The summed E-state index contributed by atoms with van der Waals surface area (Å²) >= 11 is 0. The van der Waals surface area contributed by atoms with Crippen molar-refractivity contribution in [3.63, 3.8) is 0 Å². The molecule has 2 N–H and O–H groups in total. The molecule has 6 nitrogen and oxygen atoms in total. The molecule has 0 spiro atoms. The first-order chi connectivity index (χ1) is 12.8. The second kappa shape index (κ2) is 8.99. The van der Waals surface area contributed by atoms with Crippen LogP contribution >= 0.6 is 0 Å². The number of rotatable bonds is 7. The third-order valence-corrected chi connectivity index (χ3v) is 4.17. The van der Waals surface area contributed by atoms with E-state index >= 15 is 0 Å². The van der Waals surface area contributed by atoms with Gasteiger partial charge in [-0.05, 0) is 44.5 Å². The van der Waals surface area contributed by atoms with Gasteiger partial charge in [0.25, 0.3) is 0 Å². The number of aryl methyl sites for hydroxylation is 2. The van der Waals surface area contributed by atoms with Crippen LogP contribution in [0.2, 0.25) is 0 Å². The predicted molar refractivity (Wildman–Crippen MR) is 106 cm³/mol. The minimum Gasteiger partial charge on any atom is -0.357 e. The van der Waals surface area contributed by atoms with Crippen molar-refractivity contribution >= 4 is 17.0 Å². The van der Waals surface area contributed by atoms with Gasteiger partial charge in [0.1, 0.15) is 5.82 Å². The van der Waals surface area contributed by atoms with E-state index in [9.17, 15) is 0 Å². The Balaban J connectivity index is 1.54. The van der Waals surface area contributed by atoms with Crippen molar-refractivity contribution in [3.8, 4) is 0 Å². The van der Waals surface area contributed by atoms with E-state index < -0.39 is 0 Å². The predicted octanol–water partition coefficient (Wildman–Crippen LogP) is 2.89. The third kappa shape index (κ3) is 4.59. The van der Waals surface area contributed by atoms with Gasteiger partial charge in [-0.2, -0.15) is 0 Å². The number of hydrogen-bond donors (Lipinski definition) is 2. The molecule has 6 heteroatoms. The van der Waals surface area contributed by atoms with Crippen LogP contribution in [0.3, 0.4) is 0 Å². The quantitative estimate of drug-likeness (QED) is 0.391. The lowest BCUT2D eigenvalue weighted by Gasteiger charge is -2.12. The molecule has 2 aromatic heterocycles.